The Morgan fingerprint density at radius 2 is 1.16 bits per heavy atom. The highest BCUT2D eigenvalue weighted by Gasteiger charge is 2.30. The van der Waals surface area contributed by atoms with E-state index in [2.05, 4.69) is 4.84 Å². The van der Waals surface area contributed by atoms with Crippen LogP contribution in [0.4, 0.5) is 0 Å². The number of benzene rings is 2. The molecule has 0 aromatic heterocycles. The summed E-state index contributed by atoms with van der Waals surface area (Å²) in [4.78, 5) is 88.0. The Balaban J connectivity index is 1.73. The van der Waals surface area contributed by atoms with Crippen LogP contribution in [0, 0.1) is 10.1 Å². The van der Waals surface area contributed by atoms with E-state index in [4.69, 9.17) is 33.2 Å². The second-order valence-electron chi connectivity index (χ2n) is 10.6. The third-order valence-electron chi connectivity index (χ3n) is 6.75. The van der Waals surface area contributed by atoms with Gasteiger partial charge in [-0.25, -0.2) is 24.0 Å². The second kappa shape index (κ2) is 19.4. The SMILES string of the molecule is COc1ccc2cc(C(C)C(=O)OCC(=O)OC(C)C(=O)OC(C)C(=O)OC(C)C(=O)OC(C)C(=O)OCCCCO[N+](=O)[O-])ccc2c1. The predicted octanol–water partition coefficient (Wildman–Crippen LogP) is 2.75. The summed E-state index contributed by atoms with van der Waals surface area (Å²) in [5.41, 5.74) is 0.654. The molecule has 0 aliphatic rings. The molecule has 2 aromatic rings. The molecule has 0 spiro atoms. The molecule has 5 atom stereocenters. The number of rotatable bonds is 19. The average molecular weight is 694 g/mol. The van der Waals surface area contributed by atoms with Crippen molar-refractivity contribution in [2.24, 2.45) is 0 Å². The molecule has 49 heavy (non-hydrogen) atoms. The summed E-state index contributed by atoms with van der Waals surface area (Å²) < 4.78 is 34.9. The Bertz CT molecular complexity index is 1510. The molecule has 0 fully saturated rings. The molecule has 5 unspecified atom stereocenters. The zero-order valence-electron chi connectivity index (χ0n) is 27.9. The van der Waals surface area contributed by atoms with E-state index in [9.17, 15) is 38.9 Å². The lowest BCUT2D eigenvalue weighted by atomic mass is 9.98. The van der Waals surface area contributed by atoms with Gasteiger partial charge in [0.2, 0.25) is 0 Å². The standard InChI is InChI=1S/C32H39NO16/c1-18(23-9-10-25-16-26(42-6)12-11-24(25)15-23)28(35)44-17-27(34)46-20(3)30(37)48-22(5)32(39)49-21(4)31(38)47-19(2)29(36)43-13-7-8-14-45-33(40)41/h9-12,15-16,18-22H,7-8,13-14,17H2,1-6H3. The lowest BCUT2D eigenvalue weighted by Gasteiger charge is -2.19. The van der Waals surface area contributed by atoms with Crippen LogP contribution in [-0.2, 0) is 62.0 Å². The maximum absolute atomic E-state index is 12.6. The Labute approximate surface area is 281 Å². The first-order valence-corrected chi connectivity index (χ1v) is 15.1. The fourth-order valence-corrected chi connectivity index (χ4v) is 3.90. The van der Waals surface area contributed by atoms with Gasteiger partial charge in [0.05, 0.1) is 26.2 Å². The van der Waals surface area contributed by atoms with Gasteiger partial charge in [-0.05, 0) is 75.9 Å². The lowest BCUT2D eigenvalue weighted by molar-refractivity contribution is -0.757. The van der Waals surface area contributed by atoms with E-state index in [1.807, 2.05) is 24.3 Å². The summed E-state index contributed by atoms with van der Waals surface area (Å²) in [6.07, 6.45) is -5.38. The first-order chi connectivity index (χ1) is 23.1. The van der Waals surface area contributed by atoms with Crippen molar-refractivity contribution in [1.82, 2.24) is 0 Å². The van der Waals surface area contributed by atoms with Gasteiger partial charge in [-0.1, -0.05) is 24.3 Å². The molecule has 17 heteroatoms. The zero-order valence-corrected chi connectivity index (χ0v) is 27.9. The van der Waals surface area contributed by atoms with Gasteiger partial charge >= 0.3 is 35.8 Å². The van der Waals surface area contributed by atoms with Crippen molar-refractivity contribution in [2.75, 3.05) is 26.9 Å². The third-order valence-corrected chi connectivity index (χ3v) is 6.75. The van der Waals surface area contributed by atoms with Gasteiger partial charge in [0.25, 0.3) is 5.09 Å². The van der Waals surface area contributed by atoms with E-state index in [-0.39, 0.29) is 26.1 Å². The van der Waals surface area contributed by atoms with E-state index < -0.39 is 77.8 Å². The highest BCUT2D eigenvalue weighted by atomic mass is 16.9. The van der Waals surface area contributed by atoms with Crippen LogP contribution in [0.2, 0.25) is 0 Å². The van der Waals surface area contributed by atoms with Crippen molar-refractivity contribution < 1.29 is 71.8 Å². The smallest absolute Gasteiger partial charge is 0.347 e. The van der Waals surface area contributed by atoms with Crippen molar-refractivity contribution in [3.05, 3.63) is 52.1 Å². The highest BCUT2D eigenvalue weighted by Crippen LogP contribution is 2.26. The zero-order chi connectivity index (χ0) is 36.7. The lowest BCUT2D eigenvalue weighted by Crippen LogP contribution is -2.38. The average Bonchev–Trinajstić information content (AvgIpc) is 3.07. The molecule has 0 heterocycles. The largest absolute Gasteiger partial charge is 0.497 e. The maximum atomic E-state index is 12.6. The molecular weight excluding hydrogens is 654 g/mol. The third kappa shape index (κ3) is 13.3. The molecule has 2 rings (SSSR count). The first kappa shape index (κ1) is 39.7. The number of nitrogens with zero attached hydrogens (tertiary/aromatic N) is 1. The van der Waals surface area contributed by atoms with E-state index in [0.29, 0.717) is 11.3 Å². The molecule has 0 amide bonds. The fraction of sp³-hybridized carbons (Fsp3) is 0.500. The molecule has 268 valence electrons. The predicted molar refractivity (Wildman–Crippen MR) is 165 cm³/mol. The summed E-state index contributed by atoms with van der Waals surface area (Å²) in [6, 6.07) is 10.9. The minimum atomic E-state index is -1.53. The molecule has 17 nitrogen and oxygen atoms in total. The first-order valence-electron chi connectivity index (χ1n) is 15.1. The maximum Gasteiger partial charge on any atom is 0.347 e. The van der Waals surface area contributed by atoms with Crippen LogP contribution >= 0.6 is 0 Å². The van der Waals surface area contributed by atoms with Gasteiger partial charge in [0.15, 0.2) is 31.0 Å². The molecule has 0 N–H and O–H groups in total. The molecule has 0 aliphatic heterocycles. The van der Waals surface area contributed by atoms with Crippen molar-refractivity contribution in [3.8, 4) is 5.75 Å². The number of unbranched alkanes of at least 4 members (excludes halogenated alkanes) is 1. The molecule has 0 saturated carbocycles. The Kier molecular flexibility index (Phi) is 15.7. The van der Waals surface area contributed by atoms with Crippen molar-refractivity contribution >= 4 is 46.6 Å². The summed E-state index contributed by atoms with van der Waals surface area (Å²) in [5.74, 6) is -6.03. The van der Waals surface area contributed by atoms with Gasteiger partial charge in [-0.3, -0.25) is 4.79 Å². The topological polar surface area (TPSA) is 219 Å². The molecule has 0 radical (unpaired) electrons. The molecular formula is C32H39NO16. The second-order valence-corrected chi connectivity index (χ2v) is 10.6. The number of methoxy groups -OCH3 is 1. The van der Waals surface area contributed by atoms with Crippen LogP contribution in [0.3, 0.4) is 0 Å². The molecule has 2 aromatic carbocycles. The van der Waals surface area contributed by atoms with Crippen molar-refractivity contribution in [3.63, 3.8) is 0 Å². The van der Waals surface area contributed by atoms with Crippen LogP contribution in [0.15, 0.2) is 36.4 Å². The van der Waals surface area contributed by atoms with Crippen LogP contribution in [0.1, 0.15) is 58.9 Å². The summed E-state index contributed by atoms with van der Waals surface area (Å²) >= 11 is 0. The summed E-state index contributed by atoms with van der Waals surface area (Å²) in [6.45, 7) is 5.26. The van der Waals surface area contributed by atoms with Crippen molar-refractivity contribution in [2.45, 2.75) is 77.8 Å². The molecule has 0 aliphatic carbocycles. The van der Waals surface area contributed by atoms with Gasteiger partial charge in [0, 0.05) is 0 Å². The summed E-state index contributed by atoms with van der Waals surface area (Å²) in [5, 5.41) is 10.9. The van der Waals surface area contributed by atoms with Gasteiger partial charge in [-0.15, -0.1) is 10.1 Å². The Morgan fingerprint density at radius 3 is 1.73 bits per heavy atom. The quantitative estimate of drug-likeness (QED) is 0.0679. The summed E-state index contributed by atoms with van der Waals surface area (Å²) in [7, 11) is 1.56. The Hall–Kier alpha value is -5.48. The van der Waals surface area contributed by atoms with Gasteiger partial charge < -0.3 is 38.0 Å². The van der Waals surface area contributed by atoms with Crippen molar-refractivity contribution in [1.29, 1.82) is 0 Å². The number of fused-ring (bicyclic) bond motifs is 1. The molecule has 0 saturated heterocycles. The normalized spacial score (nSPS) is 13.8. The minimum Gasteiger partial charge on any atom is -0.497 e. The number of hydrogen-bond donors (Lipinski definition) is 0. The van der Waals surface area contributed by atoms with E-state index in [0.717, 1.165) is 24.6 Å². The number of esters is 6. The molecule has 0 bridgehead atoms. The highest BCUT2D eigenvalue weighted by molar-refractivity contribution is 5.88. The van der Waals surface area contributed by atoms with Crippen LogP contribution in [0.25, 0.3) is 10.8 Å². The van der Waals surface area contributed by atoms with E-state index >= 15 is 0 Å². The van der Waals surface area contributed by atoms with Gasteiger partial charge in [-0.2, -0.15) is 0 Å². The monoisotopic (exact) mass is 693 g/mol. The van der Waals surface area contributed by atoms with Crippen LogP contribution in [-0.4, -0.2) is 92.2 Å². The van der Waals surface area contributed by atoms with Crippen LogP contribution in [0.5, 0.6) is 5.75 Å². The van der Waals surface area contributed by atoms with Crippen LogP contribution < -0.4 is 4.74 Å². The Morgan fingerprint density at radius 1 is 0.653 bits per heavy atom. The van der Waals surface area contributed by atoms with E-state index in [1.165, 1.54) is 13.8 Å². The van der Waals surface area contributed by atoms with E-state index in [1.54, 1.807) is 26.2 Å². The number of carbonyl (C=O) groups is 6. The number of ether oxygens (including phenoxy) is 7. The number of carbonyl (C=O) groups excluding carboxylic acids is 6. The number of hydrogen-bond acceptors (Lipinski definition) is 16. The minimum absolute atomic E-state index is 0.101. The fourth-order valence-electron chi connectivity index (χ4n) is 3.90. The van der Waals surface area contributed by atoms with Gasteiger partial charge in [0.1, 0.15) is 5.75 Å².